The monoisotopic (exact) mass is 341 g/mol. The van der Waals surface area contributed by atoms with Crippen molar-refractivity contribution in [3.63, 3.8) is 0 Å². The molecule has 1 N–H and O–H groups in total. The van der Waals surface area contributed by atoms with Crippen molar-refractivity contribution in [3.05, 3.63) is 81.2 Å². The number of benzene rings is 1. The minimum Gasteiger partial charge on any atom is -0.406 e. The van der Waals surface area contributed by atoms with Crippen molar-refractivity contribution in [1.29, 1.82) is 0 Å². The van der Waals surface area contributed by atoms with E-state index >= 15 is 0 Å². The molecule has 0 radical (unpaired) electrons. The molecule has 0 spiro atoms. The Balaban J connectivity index is 1.77. The van der Waals surface area contributed by atoms with Crippen LogP contribution >= 0.6 is 11.3 Å². The van der Waals surface area contributed by atoms with Crippen LogP contribution in [0.3, 0.4) is 0 Å². The molecule has 2 heterocycles. The van der Waals surface area contributed by atoms with E-state index in [1.54, 1.807) is 17.6 Å². The number of anilines is 1. The normalized spacial score (nSPS) is 10.4. The largest absolute Gasteiger partial charge is 0.406 e. The molecule has 0 aliphatic rings. The van der Waals surface area contributed by atoms with Gasteiger partial charge in [-0.05, 0) is 30.2 Å². The summed E-state index contributed by atoms with van der Waals surface area (Å²) in [5.41, 5.74) is 1.53. The van der Waals surface area contributed by atoms with Crippen LogP contribution in [0, 0.1) is 6.92 Å². The van der Waals surface area contributed by atoms with Crippen LogP contribution in [0.1, 0.15) is 21.5 Å². The molecule has 122 valence electrons. The molecule has 0 unspecified atom stereocenters. The van der Waals surface area contributed by atoms with Crippen LogP contribution in [-0.2, 0) is 6.61 Å². The minimum atomic E-state index is -0.514. The van der Waals surface area contributed by atoms with Crippen molar-refractivity contribution in [1.82, 2.24) is 9.71 Å². The van der Waals surface area contributed by atoms with Gasteiger partial charge < -0.3 is 4.84 Å². The smallest absolute Gasteiger partial charge is 0.295 e. The van der Waals surface area contributed by atoms with Crippen LogP contribution in [0.5, 0.6) is 0 Å². The van der Waals surface area contributed by atoms with Gasteiger partial charge in [-0.3, -0.25) is 14.9 Å². The van der Waals surface area contributed by atoms with E-state index in [4.69, 9.17) is 4.84 Å². The second-order valence-corrected chi connectivity index (χ2v) is 5.94. The molecular weight excluding hydrogens is 326 g/mol. The molecule has 0 saturated heterocycles. The van der Waals surface area contributed by atoms with Crippen LogP contribution in [0.15, 0.2) is 59.0 Å². The number of aryl methyl sites for hydroxylation is 1. The molecule has 24 heavy (non-hydrogen) atoms. The summed E-state index contributed by atoms with van der Waals surface area (Å²) in [6.07, 6.45) is 3.07. The summed E-state index contributed by atoms with van der Waals surface area (Å²) >= 11 is 1.28. The Hall–Kier alpha value is -2.93. The van der Waals surface area contributed by atoms with Crippen molar-refractivity contribution in [2.75, 3.05) is 5.32 Å². The first kappa shape index (κ1) is 15.9. The third-order valence-electron chi connectivity index (χ3n) is 3.43. The Morgan fingerprint density at radius 1 is 1.29 bits per heavy atom. The van der Waals surface area contributed by atoms with E-state index in [1.807, 2.05) is 31.2 Å². The Kier molecular flexibility index (Phi) is 4.72. The van der Waals surface area contributed by atoms with Crippen molar-refractivity contribution in [2.24, 2.45) is 0 Å². The van der Waals surface area contributed by atoms with Gasteiger partial charge in [-0.15, -0.1) is 11.3 Å². The molecule has 2 aromatic heterocycles. The van der Waals surface area contributed by atoms with Crippen LogP contribution in [0.4, 0.5) is 5.13 Å². The molecular formula is C17H15N3O3S. The number of nitrogens with one attached hydrogen (secondary N) is 1. The maximum atomic E-state index is 12.4. The average Bonchev–Trinajstić information content (AvgIpc) is 3.08. The highest BCUT2D eigenvalue weighted by atomic mass is 32.1. The zero-order valence-corrected chi connectivity index (χ0v) is 13.7. The third-order valence-corrected chi connectivity index (χ3v) is 4.12. The first-order valence-electron chi connectivity index (χ1n) is 7.25. The molecule has 0 atom stereocenters. The lowest BCUT2D eigenvalue weighted by Crippen LogP contribution is -2.32. The van der Waals surface area contributed by atoms with Gasteiger partial charge in [0.15, 0.2) is 5.13 Å². The Morgan fingerprint density at radius 2 is 2.12 bits per heavy atom. The van der Waals surface area contributed by atoms with E-state index in [-0.39, 0.29) is 12.2 Å². The maximum absolute atomic E-state index is 12.4. The molecule has 6 nitrogen and oxygen atoms in total. The summed E-state index contributed by atoms with van der Waals surface area (Å²) in [5.74, 6) is -0.510. The number of carbonyl (C=O) groups is 1. The molecule has 3 rings (SSSR count). The van der Waals surface area contributed by atoms with Gasteiger partial charge in [0.2, 0.25) is 0 Å². The maximum Gasteiger partial charge on any atom is 0.295 e. The standard InChI is InChI=1S/C17H15N3O3S/c1-12-5-2-3-6-13(12)11-23-20-9-4-7-14(16(20)22)15(21)19-17-18-8-10-24-17/h2-10H,11H2,1H3,(H,18,19,21). The van der Waals surface area contributed by atoms with E-state index in [2.05, 4.69) is 10.3 Å². The number of pyridine rings is 1. The van der Waals surface area contributed by atoms with Crippen molar-refractivity contribution in [3.8, 4) is 0 Å². The van der Waals surface area contributed by atoms with Gasteiger partial charge in [0.1, 0.15) is 12.2 Å². The van der Waals surface area contributed by atoms with Gasteiger partial charge in [0.05, 0.1) is 0 Å². The predicted molar refractivity (Wildman–Crippen MR) is 92.2 cm³/mol. The predicted octanol–water partition coefficient (Wildman–Crippen LogP) is 2.49. The van der Waals surface area contributed by atoms with Gasteiger partial charge in [-0.2, -0.15) is 4.73 Å². The van der Waals surface area contributed by atoms with Crippen molar-refractivity contribution < 1.29 is 9.63 Å². The molecule has 3 aromatic rings. The van der Waals surface area contributed by atoms with Crippen molar-refractivity contribution >= 4 is 22.4 Å². The van der Waals surface area contributed by atoms with E-state index in [0.29, 0.717) is 5.13 Å². The molecule has 0 aliphatic carbocycles. The van der Waals surface area contributed by atoms with Crippen LogP contribution < -0.4 is 15.7 Å². The molecule has 1 aromatic carbocycles. The lowest BCUT2D eigenvalue weighted by atomic mass is 10.1. The highest BCUT2D eigenvalue weighted by Gasteiger charge is 2.14. The number of hydrogen-bond donors (Lipinski definition) is 1. The lowest BCUT2D eigenvalue weighted by molar-refractivity contribution is 0.0861. The second kappa shape index (κ2) is 7.10. The lowest BCUT2D eigenvalue weighted by Gasteiger charge is -2.11. The SMILES string of the molecule is Cc1ccccc1COn1cccc(C(=O)Nc2nccs2)c1=O. The molecule has 0 bridgehead atoms. The number of nitrogens with zero attached hydrogens (tertiary/aromatic N) is 2. The number of aromatic nitrogens is 2. The minimum absolute atomic E-state index is 0.00233. The van der Waals surface area contributed by atoms with Gasteiger partial charge in [-0.1, -0.05) is 24.3 Å². The number of amides is 1. The van der Waals surface area contributed by atoms with E-state index in [9.17, 15) is 9.59 Å². The summed E-state index contributed by atoms with van der Waals surface area (Å²) < 4.78 is 1.07. The zero-order chi connectivity index (χ0) is 16.9. The molecule has 0 fully saturated rings. The Morgan fingerprint density at radius 3 is 2.88 bits per heavy atom. The van der Waals surface area contributed by atoms with Gasteiger partial charge in [-0.25, -0.2) is 4.98 Å². The van der Waals surface area contributed by atoms with Crippen LogP contribution in [-0.4, -0.2) is 15.6 Å². The fraction of sp³-hybridized carbons (Fsp3) is 0.118. The summed E-state index contributed by atoms with van der Waals surface area (Å²) in [7, 11) is 0. The van der Waals surface area contributed by atoms with Crippen molar-refractivity contribution in [2.45, 2.75) is 13.5 Å². The summed E-state index contributed by atoms with van der Waals surface area (Å²) in [6.45, 7) is 2.21. The third kappa shape index (κ3) is 3.52. The second-order valence-electron chi connectivity index (χ2n) is 5.04. The average molecular weight is 341 g/mol. The number of hydrogen-bond acceptors (Lipinski definition) is 5. The molecule has 0 aliphatic heterocycles. The topological polar surface area (TPSA) is 73.2 Å². The van der Waals surface area contributed by atoms with Crippen LogP contribution in [0.25, 0.3) is 0 Å². The number of rotatable bonds is 5. The Bertz CT molecular complexity index is 903. The van der Waals surface area contributed by atoms with E-state index in [1.165, 1.54) is 23.6 Å². The number of carbonyl (C=O) groups excluding carboxylic acids is 1. The fourth-order valence-corrected chi connectivity index (χ4v) is 2.63. The summed E-state index contributed by atoms with van der Waals surface area (Å²) in [6, 6.07) is 10.8. The first-order chi connectivity index (χ1) is 11.6. The van der Waals surface area contributed by atoms with Gasteiger partial charge >= 0.3 is 0 Å². The summed E-state index contributed by atoms with van der Waals surface area (Å²) in [5, 5.41) is 4.77. The highest BCUT2D eigenvalue weighted by Crippen LogP contribution is 2.11. The number of thiazole rings is 1. The quantitative estimate of drug-likeness (QED) is 0.774. The molecule has 7 heteroatoms. The fourth-order valence-electron chi connectivity index (χ4n) is 2.11. The zero-order valence-electron chi connectivity index (χ0n) is 12.9. The molecule has 1 amide bonds. The first-order valence-corrected chi connectivity index (χ1v) is 8.13. The van der Waals surface area contributed by atoms with Crippen LogP contribution in [0.2, 0.25) is 0 Å². The van der Waals surface area contributed by atoms with E-state index < -0.39 is 11.5 Å². The highest BCUT2D eigenvalue weighted by molar-refractivity contribution is 7.13. The molecule has 0 saturated carbocycles. The summed E-state index contributed by atoms with van der Waals surface area (Å²) in [4.78, 5) is 34.1. The van der Waals surface area contributed by atoms with Gasteiger partial charge in [0, 0.05) is 17.8 Å². The van der Waals surface area contributed by atoms with E-state index in [0.717, 1.165) is 15.9 Å². The van der Waals surface area contributed by atoms with Gasteiger partial charge in [0.25, 0.3) is 11.5 Å². The Labute approximate surface area is 142 Å².